The van der Waals surface area contributed by atoms with E-state index in [1.54, 1.807) is 7.05 Å². The highest BCUT2D eigenvalue weighted by Crippen LogP contribution is 2.35. The molecule has 5 heteroatoms. The molecule has 0 bridgehead atoms. The van der Waals surface area contributed by atoms with Crippen LogP contribution >= 0.6 is 15.9 Å². The molecular formula is C15H13BrN2O2. The Morgan fingerprint density at radius 3 is 2.75 bits per heavy atom. The molecule has 1 aliphatic heterocycles. The summed E-state index contributed by atoms with van der Waals surface area (Å²) in [4.78, 5) is 11.8. The number of likely N-dealkylation sites (N-methyl/N-ethyl adjacent to an activating group) is 1. The van der Waals surface area contributed by atoms with Gasteiger partial charge in [0.05, 0.1) is 0 Å². The number of carbonyl (C=O) groups excluding carboxylic acids is 1. The lowest BCUT2D eigenvalue weighted by molar-refractivity contribution is -0.117. The molecule has 1 heterocycles. The van der Waals surface area contributed by atoms with Crippen LogP contribution in [-0.4, -0.2) is 13.0 Å². The van der Waals surface area contributed by atoms with E-state index in [1.165, 1.54) is 0 Å². The molecule has 1 aliphatic rings. The number of carbonyl (C=O) groups is 1. The van der Waals surface area contributed by atoms with E-state index in [1.807, 2.05) is 42.5 Å². The lowest BCUT2D eigenvalue weighted by Crippen LogP contribution is -2.23. The minimum Gasteiger partial charge on any atom is -0.457 e. The Morgan fingerprint density at radius 1 is 1.20 bits per heavy atom. The largest absolute Gasteiger partial charge is 0.457 e. The summed E-state index contributed by atoms with van der Waals surface area (Å²) in [6.45, 7) is 0. The maximum Gasteiger partial charge on any atom is 0.246 e. The average Bonchev–Trinajstić information content (AvgIpc) is 2.73. The van der Waals surface area contributed by atoms with Gasteiger partial charge in [0.1, 0.15) is 17.5 Å². The Hall–Kier alpha value is -1.85. The van der Waals surface area contributed by atoms with Gasteiger partial charge >= 0.3 is 0 Å². The lowest BCUT2D eigenvalue weighted by atomic mass is 10.1. The van der Waals surface area contributed by atoms with Crippen molar-refractivity contribution in [2.24, 2.45) is 0 Å². The molecule has 102 valence electrons. The summed E-state index contributed by atoms with van der Waals surface area (Å²) in [5.74, 6) is 1.40. The van der Waals surface area contributed by atoms with E-state index in [9.17, 15) is 4.79 Å². The highest BCUT2D eigenvalue weighted by atomic mass is 79.9. The van der Waals surface area contributed by atoms with Crippen LogP contribution in [0.25, 0.3) is 0 Å². The Balaban J connectivity index is 1.87. The van der Waals surface area contributed by atoms with Crippen LogP contribution in [0, 0.1) is 0 Å². The van der Waals surface area contributed by atoms with Gasteiger partial charge in [0.2, 0.25) is 5.91 Å². The molecule has 3 rings (SSSR count). The predicted molar refractivity (Wildman–Crippen MR) is 81.1 cm³/mol. The normalized spacial score (nSPS) is 16.7. The third-order valence-electron chi connectivity index (χ3n) is 3.18. The highest BCUT2D eigenvalue weighted by molar-refractivity contribution is 9.10. The van der Waals surface area contributed by atoms with Gasteiger partial charge in [0.15, 0.2) is 0 Å². The van der Waals surface area contributed by atoms with Crippen LogP contribution in [0.2, 0.25) is 0 Å². The second-order valence-electron chi connectivity index (χ2n) is 4.52. The van der Waals surface area contributed by atoms with Crippen LogP contribution in [0.5, 0.6) is 11.5 Å². The van der Waals surface area contributed by atoms with Crippen molar-refractivity contribution in [1.82, 2.24) is 5.32 Å². The number of rotatable bonds is 3. The summed E-state index contributed by atoms with van der Waals surface area (Å²) in [5.41, 5.74) is 1.74. The first-order valence-corrected chi connectivity index (χ1v) is 7.02. The Kier molecular flexibility index (Phi) is 3.46. The minimum atomic E-state index is -0.287. The molecule has 0 aliphatic carbocycles. The Morgan fingerprint density at radius 2 is 2.00 bits per heavy atom. The summed E-state index contributed by atoms with van der Waals surface area (Å²) >= 11 is 3.41. The summed E-state index contributed by atoms with van der Waals surface area (Å²) in [6, 6.07) is 12.9. The molecule has 0 saturated carbocycles. The quantitative estimate of drug-likeness (QED) is 0.905. The fourth-order valence-corrected chi connectivity index (χ4v) is 2.64. The van der Waals surface area contributed by atoms with Crippen molar-refractivity contribution in [3.8, 4) is 11.5 Å². The van der Waals surface area contributed by atoms with Gasteiger partial charge < -0.3 is 15.4 Å². The number of anilines is 1. The van der Waals surface area contributed by atoms with Gasteiger partial charge in [-0.2, -0.15) is 0 Å². The van der Waals surface area contributed by atoms with Gasteiger partial charge in [-0.25, -0.2) is 0 Å². The summed E-state index contributed by atoms with van der Waals surface area (Å²) in [6.07, 6.45) is 0. The zero-order chi connectivity index (χ0) is 14.1. The molecule has 0 spiro atoms. The third-order valence-corrected chi connectivity index (χ3v) is 3.67. The van der Waals surface area contributed by atoms with Gasteiger partial charge in [0.25, 0.3) is 0 Å². The molecule has 1 amide bonds. The van der Waals surface area contributed by atoms with Crippen molar-refractivity contribution in [2.45, 2.75) is 6.04 Å². The molecule has 2 aromatic carbocycles. The number of amides is 1. The standard InChI is InChI=1S/C15H13BrN2O2/c1-17-14-12-6-5-11(8-13(12)18-15(14)19)20-10-4-2-3-9(16)7-10/h2-8,14,17H,1H3,(H,18,19). The molecule has 1 atom stereocenters. The van der Waals surface area contributed by atoms with Crippen molar-refractivity contribution in [2.75, 3.05) is 12.4 Å². The molecule has 2 aromatic rings. The summed E-state index contributed by atoms with van der Waals surface area (Å²) in [5, 5.41) is 5.83. The van der Waals surface area contributed by atoms with Crippen LogP contribution in [0.1, 0.15) is 11.6 Å². The van der Waals surface area contributed by atoms with E-state index >= 15 is 0 Å². The molecule has 2 N–H and O–H groups in total. The highest BCUT2D eigenvalue weighted by Gasteiger charge is 2.29. The SMILES string of the molecule is CNC1C(=O)Nc2cc(Oc3cccc(Br)c3)ccc21. The van der Waals surface area contributed by atoms with Crippen LogP contribution in [0.4, 0.5) is 5.69 Å². The maximum absolute atomic E-state index is 11.8. The van der Waals surface area contributed by atoms with Crippen LogP contribution in [0.15, 0.2) is 46.9 Å². The van der Waals surface area contributed by atoms with Gasteiger partial charge in [-0.15, -0.1) is 0 Å². The number of hydrogen-bond acceptors (Lipinski definition) is 3. The molecule has 0 radical (unpaired) electrons. The minimum absolute atomic E-state index is 0.0397. The fourth-order valence-electron chi connectivity index (χ4n) is 2.26. The van der Waals surface area contributed by atoms with Crippen molar-refractivity contribution in [3.05, 3.63) is 52.5 Å². The van der Waals surface area contributed by atoms with E-state index in [4.69, 9.17) is 4.74 Å². The number of halogens is 1. The average molecular weight is 333 g/mol. The predicted octanol–water partition coefficient (Wildman–Crippen LogP) is 3.45. The van der Waals surface area contributed by atoms with Crippen molar-refractivity contribution < 1.29 is 9.53 Å². The molecule has 4 nitrogen and oxygen atoms in total. The number of ether oxygens (including phenoxy) is 1. The smallest absolute Gasteiger partial charge is 0.246 e. The summed E-state index contributed by atoms with van der Waals surface area (Å²) < 4.78 is 6.74. The van der Waals surface area contributed by atoms with E-state index in [2.05, 4.69) is 26.6 Å². The van der Waals surface area contributed by atoms with Gasteiger partial charge in [-0.1, -0.05) is 28.1 Å². The second-order valence-corrected chi connectivity index (χ2v) is 5.44. The number of benzene rings is 2. The first-order valence-electron chi connectivity index (χ1n) is 6.23. The van der Waals surface area contributed by atoms with Crippen LogP contribution in [-0.2, 0) is 4.79 Å². The second kappa shape index (κ2) is 5.26. The van der Waals surface area contributed by atoms with E-state index < -0.39 is 0 Å². The Bertz CT molecular complexity index is 673. The van der Waals surface area contributed by atoms with E-state index in [0.29, 0.717) is 5.75 Å². The fraction of sp³-hybridized carbons (Fsp3) is 0.133. The lowest BCUT2D eigenvalue weighted by Gasteiger charge is -2.09. The molecule has 0 saturated heterocycles. The van der Waals surface area contributed by atoms with Crippen molar-refractivity contribution in [3.63, 3.8) is 0 Å². The topological polar surface area (TPSA) is 50.4 Å². The number of fused-ring (bicyclic) bond motifs is 1. The first-order chi connectivity index (χ1) is 9.67. The monoisotopic (exact) mass is 332 g/mol. The van der Waals surface area contributed by atoms with E-state index in [0.717, 1.165) is 21.5 Å². The molecule has 20 heavy (non-hydrogen) atoms. The third kappa shape index (κ3) is 2.42. The number of nitrogens with one attached hydrogen (secondary N) is 2. The van der Waals surface area contributed by atoms with Gasteiger partial charge in [0, 0.05) is 21.8 Å². The van der Waals surface area contributed by atoms with Crippen molar-refractivity contribution in [1.29, 1.82) is 0 Å². The maximum atomic E-state index is 11.8. The van der Waals surface area contributed by atoms with Gasteiger partial charge in [-0.05, 0) is 31.3 Å². The summed E-state index contributed by atoms with van der Waals surface area (Å²) in [7, 11) is 1.77. The van der Waals surface area contributed by atoms with Crippen molar-refractivity contribution >= 4 is 27.5 Å². The molecular weight excluding hydrogens is 320 g/mol. The van der Waals surface area contributed by atoms with E-state index in [-0.39, 0.29) is 11.9 Å². The van der Waals surface area contributed by atoms with Crippen LogP contribution in [0.3, 0.4) is 0 Å². The molecule has 1 unspecified atom stereocenters. The first kappa shape index (κ1) is 13.1. The number of hydrogen-bond donors (Lipinski definition) is 2. The Labute approximate surface area is 125 Å². The zero-order valence-corrected chi connectivity index (χ0v) is 12.4. The van der Waals surface area contributed by atoms with Gasteiger partial charge in [-0.3, -0.25) is 4.79 Å². The molecule has 0 fully saturated rings. The van der Waals surface area contributed by atoms with Crippen LogP contribution < -0.4 is 15.4 Å². The zero-order valence-electron chi connectivity index (χ0n) is 10.8. The molecule has 0 aromatic heterocycles.